The van der Waals surface area contributed by atoms with E-state index in [1.807, 2.05) is 53.4 Å². The van der Waals surface area contributed by atoms with Crippen molar-refractivity contribution in [2.24, 2.45) is 5.73 Å². The Labute approximate surface area is 238 Å². The molecule has 7 rings (SSSR count). The van der Waals surface area contributed by atoms with Gasteiger partial charge in [-0.2, -0.15) is 13.2 Å². The number of hydrogen-bond acceptors (Lipinski definition) is 6. The van der Waals surface area contributed by atoms with Crippen LogP contribution in [-0.4, -0.2) is 52.0 Å². The number of anilines is 1. The Balaban J connectivity index is 0.000000423. The zero-order valence-electron chi connectivity index (χ0n) is 22.0. The average Bonchev–Trinajstić information content (AvgIpc) is 3.38. The molecule has 0 aliphatic carbocycles. The van der Waals surface area contributed by atoms with Gasteiger partial charge in [-0.05, 0) is 46.2 Å². The molecule has 0 bridgehead atoms. The summed E-state index contributed by atoms with van der Waals surface area (Å²) in [7, 11) is 0. The number of ether oxygens (including phenoxy) is 1. The van der Waals surface area contributed by atoms with Gasteiger partial charge < -0.3 is 30.2 Å². The van der Waals surface area contributed by atoms with Gasteiger partial charge in [0.15, 0.2) is 17.3 Å². The smallest absolute Gasteiger partial charge is 0.477 e. The van der Waals surface area contributed by atoms with Gasteiger partial charge in [0.2, 0.25) is 5.43 Å². The fraction of sp³-hybridized carbons (Fsp3) is 0.167. The molecular weight excluding hydrogens is 574 g/mol. The number of aromatic carboxylic acids is 1. The van der Waals surface area contributed by atoms with Crippen molar-refractivity contribution in [2.75, 3.05) is 18.0 Å². The Hall–Kier alpha value is -5.17. The summed E-state index contributed by atoms with van der Waals surface area (Å²) >= 11 is 0. The molecule has 13 heteroatoms. The fourth-order valence-electron chi connectivity index (χ4n) is 5.54. The van der Waals surface area contributed by atoms with Gasteiger partial charge in [-0.15, -0.1) is 0 Å². The highest BCUT2D eigenvalue weighted by molar-refractivity contribution is 6.09. The van der Waals surface area contributed by atoms with Crippen molar-refractivity contribution in [3.8, 4) is 17.2 Å². The first-order chi connectivity index (χ1) is 20.3. The monoisotopic (exact) mass is 595 g/mol. The Bertz CT molecular complexity index is 2060. The third-order valence-electron chi connectivity index (χ3n) is 7.48. The molecule has 1 saturated heterocycles. The number of fused-ring (bicyclic) bond motifs is 5. The van der Waals surface area contributed by atoms with Crippen LogP contribution in [0, 0.1) is 5.82 Å². The molecule has 2 aliphatic heterocycles. The van der Waals surface area contributed by atoms with Crippen molar-refractivity contribution >= 4 is 50.1 Å². The fourth-order valence-corrected chi connectivity index (χ4v) is 5.54. The van der Waals surface area contributed by atoms with E-state index >= 15 is 4.39 Å². The molecule has 1 unspecified atom stereocenters. The maximum absolute atomic E-state index is 15.6. The summed E-state index contributed by atoms with van der Waals surface area (Å²) < 4.78 is 55.4. The first kappa shape index (κ1) is 28.0. The van der Waals surface area contributed by atoms with E-state index in [2.05, 4.69) is 0 Å². The number of aromatic nitrogens is 1. The number of pyridine rings is 1. The molecule has 3 heterocycles. The van der Waals surface area contributed by atoms with Gasteiger partial charge in [-0.1, -0.05) is 36.4 Å². The summed E-state index contributed by atoms with van der Waals surface area (Å²) in [6, 6.07) is 16.8. The number of benzene rings is 4. The highest BCUT2D eigenvalue weighted by Gasteiger charge is 2.38. The summed E-state index contributed by atoms with van der Waals surface area (Å²) in [5.74, 6) is -4.13. The van der Waals surface area contributed by atoms with Gasteiger partial charge in [0.1, 0.15) is 16.8 Å². The first-order valence-corrected chi connectivity index (χ1v) is 12.9. The number of carboxylic acids is 2. The zero-order valence-corrected chi connectivity index (χ0v) is 22.0. The Kier molecular flexibility index (Phi) is 6.49. The summed E-state index contributed by atoms with van der Waals surface area (Å²) in [6.07, 6.45) is -3.07. The Morgan fingerprint density at radius 1 is 0.977 bits per heavy atom. The summed E-state index contributed by atoms with van der Waals surface area (Å²) in [4.78, 5) is 35.7. The Morgan fingerprint density at radius 2 is 1.67 bits per heavy atom. The minimum Gasteiger partial charge on any atom is -0.477 e. The van der Waals surface area contributed by atoms with Crippen LogP contribution in [-0.2, 0) is 4.79 Å². The second kappa shape index (κ2) is 9.98. The van der Waals surface area contributed by atoms with E-state index in [4.69, 9.17) is 20.4 Å². The lowest BCUT2D eigenvalue weighted by molar-refractivity contribution is -0.192. The second-order valence-electron chi connectivity index (χ2n) is 10.2. The molecule has 43 heavy (non-hydrogen) atoms. The minimum absolute atomic E-state index is 0.0427. The molecule has 1 atom stereocenters. The standard InChI is InChI=1S/C28H20FN3O4.C2HF3O2/c29-21-10-19-24-27(25(21)31-8-7-16(30)12-31)36-23-11-18-15(6-5-14-3-1-2-4-17(14)18)9-22(23)32(24)13-20(26(19)33)28(34)35;3-2(4,5)1(6)7/h1-6,9-11,13,16H,7-8,12,30H2,(H,34,35);(H,6,7). The molecule has 4 N–H and O–H groups in total. The quantitative estimate of drug-likeness (QED) is 0.179. The molecule has 1 aromatic heterocycles. The number of nitrogens with two attached hydrogens (primary N) is 1. The van der Waals surface area contributed by atoms with E-state index in [1.54, 1.807) is 4.57 Å². The maximum Gasteiger partial charge on any atom is 0.490 e. The first-order valence-electron chi connectivity index (χ1n) is 12.9. The molecule has 2 aliphatic rings. The van der Waals surface area contributed by atoms with E-state index in [1.165, 1.54) is 6.20 Å². The molecule has 0 radical (unpaired) electrons. The highest BCUT2D eigenvalue weighted by Crippen LogP contribution is 2.48. The average molecular weight is 596 g/mol. The van der Waals surface area contributed by atoms with Crippen LogP contribution < -0.4 is 20.8 Å². The van der Waals surface area contributed by atoms with E-state index < -0.39 is 34.9 Å². The van der Waals surface area contributed by atoms with E-state index in [0.29, 0.717) is 36.5 Å². The predicted molar refractivity (Wildman–Crippen MR) is 150 cm³/mol. The van der Waals surface area contributed by atoms with Crippen LogP contribution in [0.15, 0.2) is 65.6 Å². The number of carbonyl (C=O) groups is 2. The van der Waals surface area contributed by atoms with Gasteiger partial charge in [0, 0.05) is 25.3 Å². The SMILES string of the molecule is NC1CCN(c2c(F)cc3c(=O)c(C(=O)O)cn4c3c2Oc2cc3c(ccc5ccccc53)cc2-4)C1.O=C(O)C(F)(F)F. The Morgan fingerprint density at radius 3 is 2.33 bits per heavy atom. The van der Waals surface area contributed by atoms with Gasteiger partial charge in [0.25, 0.3) is 0 Å². The molecule has 5 aromatic rings. The number of alkyl halides is 3. The predicted octanol–water partition coefficient (Wildman–Crippen LogP) is 5.41. The molecule has 9 nitrogen and oxygen atoms in total. The van der Waals surface area contributed by atoms with Gasteiger partial charge in [-0.25, -0.2) is 14.0 Å². The number of halogens is 4. The number of nitrogens with zero attached hydrogens (tertiary/aromatic N) is 2. The van der Waals surface area contributed by atoms with E-state index in [9.17, 15) is 27.9 Å². The van der Waals surface area contributed by atoms with Crippen molar-refractivity contribution in [2.45, 2.75) is 18.6 Å². The van der Waals surface area contributed by atoms with Crippen molar-refractivity contribution in [1.82, 2.24) is 4.57 Å². The molecule has 0 spiro atoms. The van der Waals surface area contributed by atoms with Crippen molar-refractivity contribution in [1.29, 1.82) is 0 Å². The van der Waals surface area contributed by atoms with Crippen molar-refractivity contribution < 1.29 is 42.1 Å². The maximum atomic E-state index is 15.6. The number of hydrogen-bond donors (Lipinski definition) is 3. The molecule has 0 saturated carbocycles. The number of rotatable bonds is 2. The zero-order chi connectivity index (χ0) is 30.8. The highest BCUT2D eigenvalue weighted by atomic mass is 19.4. The number of aliphatic carboxylic acids is 1. The van der Waals surface area contributed by atoms with Crippen molar-refractivity contribution in [3.63, 3.8) is 0 Å². The third kappa shape index (κ3) is 4.67. The van der Waals surface area contributed by atoms with Crippen LogP contribution in [0.4, 0.5) is 23.2 Å². The van der Waals surface area contributed by atoms with Crippen LogP contribution in [0.1, 0.15) is 16.8 Å². The molecule has 1 fully saturated rings. The summed E-state index contributed by atoms with van der Waals surface area (Å²) in [5, 5.41) is 20.8. The molecule has 220 valence electrons. The largest absolute Gasteiger partial charge is 0.490 e. The lowest BCUT2D eigenvalue weighted by atomic mass is 10.00. The topological polar surface area (TPSA) is 135 Å². The summed E-state index contributed by atoms with van der Waals surface area (Å²) in [5.41, 5.74) is 6.07. The second-order valence-corrected chi connectivity index (χ2v) is 10.2. The van der Waals surface area contributed by atoms with Crippen LogP contribution >= 0.6 is 0 Å². The van der Waals surface area contributed by atoms with Crippen molar-refractivity contribution in [3.05, 3.63) is 82.4 Å². The number of carboxylic acid groups (broad SMARTS) is 2. The van der Waals surface area contributed by atoms with Crippen LogP contribution in [0.2, 0.25) is 0 Å². The lowest BCUT2D eigenvalue weighted by Crippen LogP contribution is -2.28. The van der Waals surface area contributed by atoms with Crippen LogP contribution in [0.5, 0.6) is 11.5 Å². The van der Waals surface area contributed by atoms with E-state index in [0.717, 1.165) is 27.6 Å². The minimum atomic E-state index is -5.08. The third-order valence-corrected chi connectivity index (χ3v) is 7.48. The lowest BCUT2D eigenvalue weighted by Gasteiger charge is -2.29. The van der Waals surface area contributed by atoms with E-state index in [-0.39, 0.29) is 22.9 Å². The van der Waals surface area contributed by atoms with Gasteiger partial charge in [0.05, 0.1) is 11.1 Å². The summed E-state index contributed by atoms with van der Waals surface area (Å²) in [6.45, 7) is 0.998. The van der Waals surface area contributed by atoms with Crippen LogP contribution in [0.25, 0.3) is 38.1 Å². The molecule has 4 aromatic carbocycles. The molecule has 0 amide bonds. The normalized spacial score (nSPS) is 15.7. The van der Waals surface area contributed by atoms with Gasteiger partial charge in [-0.3, -0.25) is 4.79 Å². The van der Waals surface area contributed by atoms with Crippen LogP contribution in [0.3, 0.4) is 0 Å². The van der Waals surface area contributed by atoms with Gasteiger partial charge >= 0.3 is 18.1 Å². The molecular formula is C30H21F4N3O6.